The van der Waals surface area contributed by atoms with E-state index in [2.05, 4.69) is 38.9 Å². The molecule has 1 aromatic rings. The number of amides is 1. The molecule has 0 radical (unpaired) electrons. The van der Waals surface area contributed by atoms with Gasteiger partial charge in [-0.25, -0.2) is 4.98 Å². The molecule has 7 nitrogen and oxygen atoms in total. The maximum absolute atomic E-state index is 12.6. The number of nitrogens with one attached hydrogen (secondary N) is 1. The number of hydrogen-bond donors (Lipinski definition) is 1. The molecule has 2 aliphatic rings. The zero-order valence-corrected chi connectivity index (χ0v) is 17.5. The highest BCUT2D eigenvalue weighted by atomic mass is 16.2. The molecule has 2 saturated heterocycles. The first-order chi connectivity index (χ1) is 13.6. The van der Waals surface area contributed by atoms with Crippen LogP contribution in [0.3, 0.4) is 0 Å². The number of guanidine groups is 1. The zero-order valence-electron chi connectivity index (χ0n) is 17.5. The van der Waals surface area contributed by atoms with E-state index in [0.29, 0.717) is 24.8 Å². The molecular formula is C21H34N6O. The lowest BCUT2D eigenvalue weighted by molar-refractivity contribution is -0.131. The summed E-state index contributed by atoms with van der Waals surface area (Å²) in [4.78, 5) is 28.0. The number of anilines is 1. The molecule has 7 heteroatoms. The predicted octanol–water partition coefficient (Wildman–Crippen LogP) is 1.67. The molecule has 2 unspecified atom stereocenters. The maximum Gasteiger partial charge on any atom is 0.224 e. The van der Waals surface area contributed by atoms with Crippen molar-refractivity contribution in [3.63, 3.8) is 0 Å². The van der Waals surface area contributed by atoms with Crippen LogP contribution in [0.5, 0.6) is 0 Å². The highest BCUT2D eigenvalue weighted by molar-refractivity contribution is 5.81. The molecule has 2 aliphatic heterocycles. The van der Waals surface area contributed by atoms with Crippen molar-refractivity contribution in [3.8, 4) is 0 Å². The van der Waals surface area contributed by atoms with Crippen molar-refractivity contribution in [2.24, 2.45) is 16.8 Å². The number of nitrogens with zero attached hydrogens (tertiary/aromatic N) is 5. The Morgan fingerprint density at radius 2 is 1.86 bits per heavy atom. The molecule has 0 bridgehead atoms. The Morgan fingerprint density at radius 3 is 2.46 bits per heavy atom. The Morgan fingerprint density at radius 1 is 1.14 bits per heavy atom. The van der Waals surface area contributed by atoms with Crippen LogP contribution in [0.1, 0.15) is 26.7 Å². The maximum atomic E-state index is 12.6. The summed E-state index contributed by atoms with van der Waals surface area (Å²) < 4.78 is 0. The fourth-order valence-corrected chi connectivity index (χ4v) is 4.33. The Kier molecular flexibility index (Phi) is 7.12. The number of carbonyl (C=O) groups is 1. The van der Waals surface area contributed by atoms with Crippen LogP contribution in [0, 0.1) is 11.8 Å². The van der Waals surface area contributed by atoms with Gasteiger partial charge in [-0.05, 0) is 30.4 Å². The van der Waals surface area contributed by atoms with Gasteiger partial charge in [0, 0.05) is 65.5 Å². The van der Waals surface area contributed by atoms with Crippen LogP contribution < -0.4 is 10.2 Å². The molecule has 0 aromatic carbocycles. The van der Waals surface area contributed by atoms with E-state index in [1.54, 1.807) is 0 Å². The Labute approximate surface area is 168 Å². The third-order valence-electron chi connectivity index (χ3n) is 5.61. The number of aromatic nitrogens is 1. The highest BCUT2D eigenvalue weighted by Crippen LogP contribution is 2.20. The second-order valence-electron chi connectivity index (χ2n) is 8.13. The molecular weight excluding hydrogens is 352 g/mol. The van der Waals surface area contributed by atoms with E-state index >= 15 is 0 Å². The topological polar surface area (TPSA) is 64.1 Å². The Bertz CT molecular complexity index is 646. The van der Waals surface area contributed by atoms with E-state index < -0.39 is 0 Å². The predicted molar refractivity (Wildman–Crippen MR) is 114 cm³/mol. The van der Waals surface area contributed by atoms with E-state index in [-0.39, 0.29) is 5.91 Å². The third kappa shape index (κ3) is 5.36. The molecule has 1 N–H and O–H groups in total. The van der Waals surface area contributed by atoms with Gasteiger partial charge in [-0.1, -0.05) is 19.9 Å². The van der Waals surface area contributed by atoms with Crippen LogP contribution in [0.25, 0.3) is 0 Å². The molecule has 0 aliphatic carbocycles. The molecule has 0 saturated carbocycles. The molecule has 2 atom stereocenters. The largest absolute Gasteiger partial charge is 0.356 e. The van der Waals surface area contributed by atoms with Crippen LogP contribution in [0.2, 0.25) is 0 Å². The van der Waals surface area contributed by atoms with Crippen molar-refractivity contribution >= 4 is 17.7 Å². The average Bonchev–Trinajstić information content (AvgIpc) is 2.71. The first-order valence-electron chi connectivity index (χ1n) is 10.5. The summed E-state index contributed by atoms with van der Waals surface area (Å²) in [5.41, 5.74) is 0. The van der Waals surface area contributed by atoms with Gasteiger partial charge >= 0.3 is 0 Å². The van der Waals surface area contributed by atoms with Gasteiger partial charge in [0.15, 0.2) is 5.96 Å². The average molecular weight is 387 g/mol. The third-order valence-corrected chi connectivity index (χ3v) is 5.61. The second-order valence-corrected chi connectivity index (χ2v) is 8.13. The molecule has 2 fully saturated rings. The van der Waals surface area contributed by atoms with E-state index in [1.165, 1.54) is 6.42 Å². The van der Waals surface area contributed by atoms with Crippen LogP contribution in [-0.2, 0) is 4.79 Å². The van der Waals surface area contributed by atoms with Gasteiger partial charge in [0.2, 0.25) is 5.91 Å². The van der Waals surface area contributed by atoms with Crippen molar-refractivity contribution in [3.05, 3.63) is 24.4 Å². The quantitative estimate of drug-likeness (QED) is 0.630. The number of carbonyl (C=O) groups excluding carboxylic acids is 1. The SMILES string of the molecule is CN=C(NCCC(=O)N1CCN(c2ccccn2)CC1)N1CC(C)CC(C)C1. The van der Waals surface area contributed by atoms with Crippen molar-refractivity contribution < 1.29 is 4.79 Å². The van der Waals surface area contributed by atoms with E-state index in [4.69, 9.17) is 0 Å². The van der Waals surface area contributed by atoms with E-state index in [9.17, 15) is 4.79 Å². The molecule has 3 rings (SSSR count). The van der Waals surface area contributed by atoms with Crippen LogP contribution in [0.4, 0.5) is 5.82 Å². The van der Waals surface area contributed by atoms with E-state index in [1.807, 2.05) is 36.3 Å². The Hall–Kier alpha value is -2.31. The number of piperazine rings is 1. The first-order valence-corrected chi connectivity index (χ1v) is 10.5. The van der Waals surface area contributed by atoms with E-state index in [0.717, 1.165) is 51.0 Å². The summed E-state index contributed by atoms with van der Waals surface area (Å²) in [6.45, 7) is 10.5. The smallest absolute Gasteiger partial charge is 0.224 e. The number of hydrogen-bond acceptors (Lipinski definition) is 4. The monoisotopic (exact) mass is 386 g/mol. The van der Waals surface area contributed by atoms with Gasteiger partial charge in [0.05, 0.1) is 0 Å². The standard InChI is InChI=1S/C21H34N6O/c1-17-14-18(2)16-27(15-17)21(22-3)24-9-7-20(28)26-12-10-25(11-13-26)19-6-4-5-8-23-19/h4-6,8,17-18H,7,9-16H2,1-3H3,(H,22,24). The van der Waals surface area contributed by atoms with Crippen molar-refractivity contribution in [2.45, 2.75) is 26.7 Å². The molecule has 154 valence electrons. The molecule has 3 heterocycles. The zero-order chi connectivity index (χ0) is 19.9. The van der Waals surface area contributed by atoms with Crippen LogP contribution in [0.15, 0.2) is 29.4 Å². The minimum Gasteiger partial charge on any atom is -0.356 e. The fraction of sp³-hybridized carbons (Fsp3) is 0.667. The lowest BCUT2D eigenvalue weighted by atomic mass is 9.92. The summed E-state index contributed by atoms with van der Waals surface area (Å²) in [5, 5.41) is 3.39. The van der Waals surface area contributed by atoms with Gasteiger partial charge in [-0.15, -0.1) is 0 Å². The van der Waals surface area contributed by atoms with Gasteiger partial charge in [0.1, 0.15) is 5.82 Å². The lowest BCUT2D eigenvalue weighted by Crippen LogP contribution is -2.51. The van der Waals surface area contributed by atoms with Crippen molar-refractivity contribution in [1.82, 2.24) is 20.1 Å². The summed E-state index contributed by atoms with van der Waals surface area (Å²) in [5.74, 6) is 3.49. The summed E-state index contributed by atoms with van der Waals surface area (Å²) >= 11 is 0. The van der Waals surface area contributed by atoms with Gasteiger partial charge in [-0.3, -0.25) is 9.79 Å². The number of likely N-dealkylation sites (tertiary alicyclic amines) is 1. The Balaban J connectivity index is 1.41. The minimum absolute atomic E-state index is 0.212. The normalized spacial score (nSPS) is 23.7. The number of piperidine rings is 1. The van der Waals surface area contributed by atoms with Crippen LogP contribution >= 0.6 is 0 Å². The minimum atomic E-state index is 0.212. The second kappa shape index (κ2) is 9.75. The molecule has 1 aromatic heterocycles. The van der Waals surface area contributed by atoms with Gasteiger partial charge in [0.25, 0.3) is 0 Å². The van der Waals surface area contributed by atoms with Crippen LogP contribution in [-0.4, -0.2) is 79.5 Å². The molecule has 1 amide bonds. The lowest BCUT2D eigenvalue weighted by Gasteiger charge is -2.37. The molecule has 28 heavy (non-hydrogen) atoms. The summed E-state index contributed by atoms with van der Waals surface area (Å²) in [7, 11) is 1.82. The van der Waals surface area contributed by atoms with Gasteiger partial charge in [-0.2, -0.15) is 0 Å². The first kappa shape index (κ1) is 20.4. The van der Waals surface area contributed by atoms with Gasteiger partial charge < -0.3 is 20.0 Å². The number of pyridine rings is 1. The van der Waals surface area contributed by atoms with Crippen molar-refractivity contribution in [1.29, 1.82) is 0 Å². The number of aliphatic imine (C=N–C) groups is 1. The number of rotatable bonds is 4. The highest BCUT2D eigenvalue weighted by Gasteiger charge is 2.25. The molecule has 0 spiro atoms. The summed E-state index contributed by atoms with van der Waals surface area (Å²) in [6, 6.07) is 5.95. The fourth-order valence-electron chi connectivity index (χ4n) is 4.33. The van der Waals surface area contributed by atoms with Crippen molar-refractivity contribution in [2.75, 3.05) is 57.8 Å². The summed E-state index contributed by atoms with van der Waals surface area (Å²) in [6.07, 6.45) is 3.59.